The van der Waals surface area contributed by atoms with E-state index in [4.69, 9.17) is 0 Å². The van der Waals surface area contributed by atoms with Gasteiger partial charge in [0.1, 0.15) is 5.56 Å². The van der Waals surface area contributed by atoms with Crippen molar-refractivity contribution in [3.05, 3.63) is 63.7 Å². The van der Waals surface area contributed by atoms with Crippen molar-refractivity contribution in [3.63, 3.8) is 0 Å². The fourth-order valence-electron chi connectivity index (χ4n) is 3.69. The molecule has 1 atom stereocenters. The Balaban J connectivity index is 1.41. The van der Waals surface area contributed by atoms with Crippen LogP contribution in [0.5, 0.6) is 0 Å². The Bertz CT molecular complexity index is 1110. The third-order valence-electron chi connectivity index (χ3n) is 5.15. The van der Waals surface area contributed by atoms with Gasteiger partial charge < -0.3 is 15.6 Å². The standard InChI is InChI=1S/C20H21N5O3/c1-25-17-8-4-7-16(13(17)10-23-25)24-18(26)11-22-20(28)14-9-21-15-6-3-2-5-12(15)19(14)27/h2-3,5-6,9-10,16H,4,7-8,11H2,1H3,(H,21,27)(H,22,28)(H,24,26)/t16-/m1/s1. The summed E-state index contributed by atoms with van der Waals surface area (Å²) in [4.78, 5) is 40.1. The lowest BCUT2D eigenvalue weighted by Crippen LogP contribution is -2.40. The first kappa shape index (κ1) is 18.0. The second-order valence-corrected chi connectivity index (χ2v) is 6.94. The summed E-state index contributed by atoms with van der Waals surface area (Å²) in [5.41, 5.74) is 2.44. The van der Waals surface area contributed by atoms with Crippen molar-refractivity contribution in [1.82, 2.24) is 25.4 Å². The van der Waals surface area contributed by atoms with Gasteiger partial charge in [0.15, 0.2) is 0 Å². The SMILES string of the molecule is Cn1ncc2c1CCC[C@H]2NC(=O)CNC(=O)c1c[nH]c2ccccc2c1=O. The van der Waals surface area contributed by atoms with Gasteiger partial charge in [-0.15, -0.1) is 0 Å². The topological polar surface area (TPSA) is 109 Å². The van der Waals surface area contributed by atoms with Crippen molar-refractivity contribution in [2.45, 2.75) is 25.3 Å². The highest BCUT2D eigenvalue weighted by molar-refractivity contribution is 5.98. The number of rotatable bonds is 4. The van der Waals surface area contributed by atoms with E-state index in [-0.39, 0.29) is 29.5 Å². The molecule has 0 saturated carbocycles. The van der Waals surface area contributed by atoms with Crippen molar-refractivity contribution in [2.75, 3.05) is 6.54 Å². The number of aromatic amines is 1. The number of nitrogens with zero attached hydrogens (tertiary/aromatic N) is 2. The molecule has 4 rings (SSSR count). The Labute approximate surface area is 160 Å². The number of benzene rings is 1. The van der Waals surface area contributed by atoms with E-state index in [2.05, 4.69) is 20.7 Å². The summed E-state index contributed by atoms with van der Waals surface area (Å²) in [7, 11) is 1.89. The highest BCUT2D eigenvalue weighted by atomic mass is 16.2. The van der Waals surface area contributed by atoms with E-state index in [9.17, 15) is 14.4 Å². The first-order chi connectivity index (χ1) is 13.5. The molecule has 144 valence electrons. The zero-order valence-electron chi connectivity index (χ0n) is 15.5. The Hall–Kier alpha value is -3.42. The van der Waals surface area contributed by atoms with Crippen LogP contribution in [0.15, 0.2) is 41.5 Å². The van der Waals surface area contributed by atoms with Gasteiger partial charge >= 0.3 is 0 Å². The number of carbonyl (C=O) groups excluding carboxylic acids is 2. The highest BCUT2D eigenvalue weighted by Gasteiger charge is 2.25. The van der Waals surface area contributed by atoms with E-state index in [1.807, 2.05) is 11.7 Å². The first-order valence-electron chi connectivity index (χ1n) is 9.23. The lowest BCUT2D eigenvalue weighted by molar-refractivity contribution is -0.121. The summed E-state index contributed by atoms with van der Waals surface area (Å²) in [6.07, 6.45) is 5.91. The summed E-state index contributed by atoms with van der Waals surface area (Å²) in [5, 5.41) is 10.2. The number of pyridine rings is 1. The van der Waals surface area contributed by atoms with Gasteiger partial charge in [-0.2, -0.15) is 5.10 Å². The van der Waals surface area contributed by atoms with Crippen LogP contribution in [-0.2, 0) is 18.3 Å². The predicted molar refractivity (Wildman–Crippen MR) is 104 cm³/mol. The Morgan fingerprint density at radius 3 is 3.00 bits per heavy atom. The lowest BCUT2D eigenvalue weighted by Gasteiger charge is -2.23. The number of hydrogen-bond acceptors (Lipinski definition) is 4. The van der Waals surface area contributed by atoms with Gasteiger partial charge in [0.2, 0.25) is 11.3 Å². The Kier molecular flexibility index (Phi) is 4.68. The molecule has 2 heterocycles. The van der Waals surface area contributed by atoms with Crippen LogP contribution in [0.25, 0.3) is 10.9 Å². The van der Waals surface area contributed by atoms with Crippen LogP contribution in [0.1, 0.15) is 40.5 Å². The zero-order valence-corrected chi connectivity index (χ0v) is 15.5. The molecule has 8 nitrogen and oxygen atoms in total. The largest absolute Gasteiger partial charge is 0.360 e. The van der Waals surface area contributed by atoms with E-state index < -0.39 is 5.91 Å². The molecule has 0 saturated heterocycles. The number of fused-ring (bicyclic) bond motifs is 2. The molecule has 1 aliphatic carbocycles. The molecular formula is C20H21N5O3. The molecule has 0 radical (unpaired) electrons. The zero-order chi connectivity index (χ0) is 19.7. The maximum Gasteiger partial charge on any atom is 0.257 e. The highest BCUT2D eigenvalue weighted by Crippen LogP contribution is 2.28. The molecule has 0 spiro atoms. The molecule has 3 N–H and O–H groups in total. The number of para-hydroxylation sites is 1. The summed E-state index contributed by atoms with van der Waals surface area (Å²) in [5.74, 6) is -0.875. The van der Waals surface area contributed by atoms with Crippen molar-refractivity contribution < 1.29 is 9.59 Å². The number of aromatic nitrogens is 3. The number of amides is 2. The van der Waals surface area contributed by atoms with Crippen LogP contribution < -0.4 is 16.1 Å². The van der Waals surface area contributed by atoms with Crippen LogP contribution in [0, 0.1) is 0 Å². The minimum absolute atomic E-state index is 0.0151. The lowest BCUT2D eigenvalue weighted by atomic mass is 9.93. The normalized spacial score (nSPS) is 15.8. The van der Waals surface area contributed by atoms with Crippen LogP contribution >= 0.6 is 0 Å². The van der Waals surface area contributed by atoms with Crippen molar-refractivity contribution in [1.29, 1.82) is 0 Å². The van der Waals surface area contributed by atoms with Crippen LogP contribution in [-0.4, -0.2) is 33.1 Å². The maximum atomic E-state index is 12.5. The summed E-state index contributed by atoms with van der Waals surface area (Å²) in [6.45, 7) is -0.197. The van der Waals surface area contributed by atoms with Gasteiger partial charge in [0.25, 0.3) is 5.91 Å². The molecule has 0 fully saturated rings. The van der Waals surface area contributed by atoms with Crippen LogP contribution in [0.3, 0.4) is 0 Å². The second kappa shape index (κ2) is 7.30. The van der Waals surface area contributed by atoms with Gasteiger partial charge in [0.05, 0.1) is 18.8 Å². The second-order valence-electron chi connectivity index (χ2n) is 6.94. The van der Waals surface area contributed by atoms with Gasteiger partial charge in [-0.3, -0.25) is 19.1 Å². The van der Waals surface area contributed by atoms with Gasteiger partial charge in [-0.25, -0.2) is 0 Å². The van der Waals surface area contributed by atoms with E-state index in [1.54, 1.807) is 30.5 Å². The molecular weight excluding hydrogens is 358 g/mol. The molecule has 2 amide bonds. The Morgan fingerprint density at radius 2 is 2.14 bits per heavy atom. The minimum Gasteiger partial charge on any atom is -0.360 e. The molecule has 0 unspecified atom stereocenters. The van der Waals surface area contributed by atoms with E-state index >= 15 is 0 Å². The number of nitrogens with one attached hydrogen (secondary N) is 3. The van der Waals surface area contributed by atoms with Gasteiger partial charge in [-0.05, 0) is 31.4 Å². The summed E-state index contributed by atoms with van der Waals surface area (Å²) < 4.78 is 1.83. The third-order valence-corrected chi connectivity index (χ3v) is 5.15. The molecule has 3 aromatic rings. The molecule has 1 aliphatic rings. The monoisotopic (exact) mass is 379 g/mol. The minimum atomic E-state index is -0.576. The molecule has 0 bridgehead atoms. The summed E-state index contributed by atoms with van der Waals surface area (Å²) >= 11 is 0. The average Bonchev–Trinajstić information content (AvgIpc) is 3.09. The van der Waals surface area contributed by atoms with E-state index in [1.165, 1.54) is 6.20 Å². The number of hydrogen-bond donors (Lipinski definition) is 3. The first-order valence-corrected chi connectivity index (χ1v) is 9.23. The molecule has 28 heavy (non-hydrogen) atoms. The fourth-order valence-corrected chi connectivity index (χ4v) is 3.69. The van der Waals surface area contributed by atoms with Crippen molar-refractivity contribution in [3.8, 4) is 0 Å². The van der Waals surface area contributed by atoms with E-state index in [0.29, 0.717) is 10.9 Å². The number of H-pyrrole nitrogens is 1. The number of aryl methyl sites for hydroxylation is 1. The van der Waals surface area contributed by atoms with Crippen molar-refractivity contribution in [2.24, 2.45) is 7.05 Å². The summed E-state index contributed by atoms with van der Waals surface area (Å²) in [6, 6.07) is 6.87. The average molecular weight is 379 g/mol. The fraction of sp³-hybridized carbons (Fsp3) is 0.300. The van der Waals surface area contributed by atoms with E-state index in [0.717, 1.165) is 30.5 Å². The quantitative estimate of drug-likeness (QED) is 0.632. The predicted octanol–water partition coefficient (Wildman–Crippen LogP) is 1.19. The van der Waals surface area contributed by atoms with Crippen LogP contribution in [0.4, 0.5) is 0 Å². The third kappa shape index (κ3) is 3.28. The smallest absolute Gasteiger partial charge is 0.257 e. The molecule has 1 aromatic carbocycles. The van der Waals surface area contributed by atoms with Crippen molar-refractivity contribution >= 4 is 22.7 Å². The maximum absolute atomic E-state index is 12.5. The molecule has 0 aliphatic heterocycles. The molecule has 2 aromatic heterocycles. The van der Waals surface area contributed by atoms with Gasteiger partial charge in [-0.1, -0.05) is 12.1 Å². The number of carbonyl (C=O) groups is 2. The van der Waals surface area contributed by atoms with Crippen LogP contribution in [0.2, 0.25) is 0 Å². The van der Waals surface area contributed by atoms with Gasteiger partial charge in [0, 0.05) is 35.4 Å². The molecule has 8 heteroatoms. The Morgan fingerprint density at radius 1 is 1.32 bits per heavy atom.